The summed E-state index contributed by atoms with van der Waals surface area (Å²) in [5, 5.41) is 0. The molecule has 1 aromatic rings. The van der Waals surface area contributed by atoms with Crippen molar-refractivity contribution in [1.29, 1.82) is 0 Å². The molecule has 2 rings (SSSR count). The lowest BCUT2D eigenvalue weighted by molar-refractivity contribution is -0.137. The number of rotatable bonds is 5. The number of hydrogen-bond acceptors (Lipinski definition) is 2. The molecule has 1 saturated heterocycles. The fourth-order valence-electron chi connectivity index (χ4n) is 2.41. The van der Waals surface area contributed by atoms with E-state index in [-0.39, 0.29) is 12.5 Å². The largest absolute Gasteiger partial charge is 0.416 e. The van der Waals surface area contributed by atoms with Crippen molar-refractivity contribution in [2.45, 2.75) is 44.4 Å². The molecule has 1 fully saturated rings. The highest BCUT2D eigenvalue weighted by Gasteiger charge is 2.31. The maximum Gasteiger partial charge on any atom is 0.416 e. The minimum absolute atomic E-state index is 0.0259. The Bertz CT molecular complexity index is 505. The van der Waals surface area contributed by atoms with Crippen LogP contribution in [0.5, 0.6) is 0 Å². The first kappa shape index (κ1) is 15.9. The summed E-state index contributed by atoms with van der Waals surface area (Å²) in [7, 11) is 0. The lowest BCUT2D eigenvalue weighted by Crippen LogP contribution is -2.10. The van der Waals surface area contributed by atoms with Crippen molar-refractivity contribution in [3.8, 4) is 0 Å². The Balaban J connectivity index is 1.97. The summed E-state index contributed by atoms with van der Waals surface area (Å²) in [6.07, 6.45) is -1.36. The Morgan fingerprint density at radius 2 is 2.10 bits per heavy atom. The van der Waals surface area contributed by atoms with E-state index in [1.54, 1.807) is 0 Å². The predicted octanol–water partition coefficient (Wildman–Crippen LogP) is 4.38. The standard InChI is InChI=1S/C15H16F4O2/c16-13-7-6-10(15(17,18)19)9-12(13)14(20)5-1-3-11-4-2-8-21-11/h6-7,9,11H,1-5,8H2. The Morgan fingerprint density at radius 1 is 1.33 bits per heavy atom. The number of hydrogen-bond donors (Lipinski definition) is 0. The van der Waals surface area contributed by atoms with Crippen LogP contribution in [0.25, 0.3) is 0 Å². The molecule has 1 aromatic carbocycles. The molecule has 0 amide bonds. The van der Waals surface area contributed by atoms with Crippen LogP contribution in [0, 0.1) is 5.82 Å². The van der Waals surface area contributed by atoms with Crippen LogP contribution in [0.1, 0.15) is 48.0 Å². The molecule has 0 saturated carbocycles. The molecule has 21 heavy (non-hydrogen) atoms. The maximum absolute atomic E-state index is 13.5. The third kappa shape index (κ3) is 4.27. The summed E-state index contributed by atoms with van der Waals surface area (Å²) >= 11 is 0. The van der Waals surface area contributed by atoms with E-state index in [0.717, 1.165) is 12.8 Å². The van der Waals surface area contributed by atoms with Crippen LogP contribution in [0.3, 0.4) is 0 Å². The Kier molecular flexibility index (Phi) is 4.98. The van der Waals surface area contributed by atoms with Gasteiger partial charge < -0.3 is 4.74 Å². The first-order valence-corrected chi connectivity index (χ1v) is 6.89. The van der Waals surface area contributed by atoms with Crippen LogP contribution in [-0.4, -0.2) is 18.5 Å². The van der Waals surface area contributed by atoms with Crippen molar-refractivity contribution in [3.05, 3.63) is 35.1 Å². The van der Waals surface area contributed by atoms with Gasteiger partial charge in [0.2, 0.25) is 0 Å². The van der Waals surface area contributed by atoms with Crippen molar-refractivity contribution >= 4 is 5.78 Å². The van der Waals surface area contributed by atoms with Gasteiger partial charge in [0, 0.05) is 13.0 Å². The summed E-state index contributed by atoms with van der Waals surface area (Å²) in [4.78, 5) is 11.9. The van der Waals surface area contributed by atoms with Gasteiger partial charge in [0.15, 0.2) is 5.78 Å². The van der Waals surface area contributed by atoms with Crippen molar-refractivity contribution in [2.24, 2.45) is 0 Å². The van der Waals surface area contributed by atoms with Gasteiger partial charge in [-0.1, -0.05) is 0 Å². The lowest BCUT2D eigenvalue weighted by Gasteiger charge is -2.10. The number of carbonyl (C=O) groups excluding carboxylic acids is 1. The van der Waals surface area contributed by atoms with Crippen molar-refractivity contribution in [2.75, 3.05) is 6.61 Å². The fraction of sp³-hybridized carbons (Fsp3) is 0.533. The monoisotopic (exact) mass is 304 g/mol. The second kappa shape index (κ2) is 6.56. The zero-order valence-corrected chi connectivity index (χ0v) is 11.4. The SMILES string of the molecule is O=C(CCCC1CCCO1)c1cc(C(F)(F)F)ccc1F. The average Bonchev–Trinajstić information content (AvgIpc) is 2.91. The topological polar surface area (TPSA) is 26.3 Å². The van der Waals surface area contributed by atoms with Gasteiger partial charge in [0.1, 0.15) is 5.82 Å². The molecule has 1 aliphatic rings. The number of benzene rings is 1. The maximum atomic E-state index is 13.5. The van der Waals surface area contributed by atoms with Crippen LogP contribution >= 0.6 is 0 Å². The van der Waals surface area contributed by atoms with Gasteiger partial charge in [-0.05, 0) is 43.9 Å². The molecule has 0 radical (unpaired) electrons. The number of halogens is 4. The molecule has 0 aromatic heterocycles. The lowest BCUT2D eigenvalue weighted by atomic mass is 10.0. The average molecular weight is 304 g/mol. The van der Waals surface area contributed by atoms with E-state index in [0.29, 0.717) is 37.6 Å². The summed E-state index contributed by atoms with van der Waals surface area (Å²) in [5.41, 5.74) is -1.50. The second-order valence-electron chi connectivity index (χ2n) is 5.14. The number of carbonyl (C=O) groups is 1. The Hall–Kier alpha value is -1.43. The van der Waals surface area contributed by atoms with E-state index in [9.17, 15) is 22.4 Å². The van der Waals surface area contributed by atoms with Crippen LogP contribution in [0.2, 0.25) is 0 Å². The van der Waals surface area contributed by atoms with E-state index in [4.69, 9.17) is 4.74 Å². The third-order valence-corrected chi connectivity index (χ3v) is 3.55. The molecule has 2 nitrogen and oxygen atoms in total. The van der Waals surface area contributed by atoms with Gasteiger partial charge in [0.25, 0.3) is 0 Å². The molecular formula is C15H16F4O2. The summed E-state index contributed by atoms with van der Waals surface area (Å²) in [5.74, 6) is -1.51. The molecule has 0 bridgehead atoms. The minimum atomic E-state index is -4.58. The van der Waals surface area contributed by atoms with Gasteiger partial charge in [0.05, 0.1) is 17.2 Å². The summed E-state index contributed by atoms with van der Waals surface area (Å²) < 4.78 is 56.6. The fourth-order valence-corrected chi connectivity index (χ4v) is 2.41. The Morgan fingerprint density at radius 3 is 2.71 bits per heavy atom. The normalized spacial score (nSPS) is 19.0. The van der Waals surface area contributed by atoms with Crippen LogP contribution < -0.4 is 0 Å². The number of ether oxygens (including phenoxy) is 1. The van der Waals surface area contributed by atoms with E-state index >= 15 is 0 Å². The van der Waals surface area contributed by atoms with Crippen LogP contribution in [0.4, 0.5) is 17.6 Å². The molecular weight excluding hydrogens is 288 g/mol. The van der Waals surface area contributed by atoms with Gasteiger partial charge in [-0.25, -0.2) is 4.39 Å². The highest BCUT2D eigenvalue weighted by Crippen LogP contribution is 2.30. The van der Waals surface area contributed by atoms with Crippen LogP contribution in [0.15, 0.2) is 18.2 Å². The van der Waals surface area contributed by atoms with E-state index in [2.05, 4.69) is 0 Å². The van der Waals surface area contributed by atoms with Crippen molar-refractivity contribution in [3.63, 3.8) is 0 Å². The van der Waals surface area contributed by atoms with Gasteiger partial charge >= 0.3 is 6.18 Å². The zero-order chi connectivity index (χ0) is 15.5. The van der Waals surface area contributed by atoms with Gasteiger partial charge in [-0.3, -0.25) is 4.79 Å². The number of Topliss-reactive ketones (excluding diaryl/α,β-unsaturated/α-hetero) is 1. The van der Waals surface area contributed by atoms with E-state index in [1.807, 2.05) is 0 Å². The van der Waals surface area contributed by atoms with Crippen LogP contribution in [-0.2, 0) is 10.9 Å². The van der Waals surface area contributed by atoms with Gasteiger partial charge in [-0.15, -0.1) is 0 Å². The smallest absolute Gasteiger partial charge is 0.378 e. The van der Waals surface area contributed by atoms with Gasteiger partial charge in [-0.2, -0.15) is 13.2 Å². The first-order valence-electron chi connectivity index (χ1n) is 6.89. The minimum Gasteiger partial charge on any atom is -0.378 e. The first-order chi connectivity index (χ1) is 9.88. The molecule has 0 N–H and O–H groups in total. The highest BCUT2D eigenvalue weighted by molar-refractivity contribution is 5.96. The Labute approximate surface area is 120 Å². The van der Waals surface area contributed by atoms with E-state index < -0.39 is 28.9 Å². The third-order valence-electron chi connectivity index (χ3n) is 3.55. The molecule has 1 atom stereocenters. The quantitative estimate of drug-likeness (QED) is 0.596. The van der Waals surface area contributed by atoms with Crippen molar-refractivity contribution in [1.82, 2.24) is 0 Å². The van der Waals surface area contributed by atoms with E-state index in [1.165, 1.54) is 0 Å². The number of ketones is 1. The molecule has 1 unspecified atom stereocenters. The highest BCUT2D eigenvalue weighted by atomic mass is 19.4. The van der Waals surface area contributed by atoms with Crippen molar-refractivity contribution < 1.29 is 27.1 Å². The summed E-state index contributed by atoms with van der Waals surface area (Å²) in [6, 6.07) is 1.92. The zero-order valence-electron chi connectivity index (χ0n) is 11.4. The molecule has 6 heteroatoms. The molecule has 1 heterocycles. The molecule has 116 valence electrons. The molecule has 0 spiro atoms. The predicted molar refractivity (Wildman–Crippen MR) is 68.6 cm³/mol. The number of alkyl halides is 3. The molecule has 1 aliphatic heterocycles. The molecule has 0 aliphatic carbocycles. The second-order valence-corrected chi connectivity index (χ2v) is 5.14. The summed E-state index contributed by atoms with van der Waals surface area (Å²) in [6.45, 7) is 0.709.